The third-order valence-electron chi connectivity index (χ3n) is 6.31. The predicted molar refractivity (Wildman–Crippen MR) is 114 cm³/mol. The molecule has 158 valence electrons. The molecule has 30 heavy (non-hydrogen) atoms. The van der Waals surface area contributed by atoms with E-state index < -0.39 is 0 Å². The van der Waals surface area contributed by atoms with Crippen LogP contribution in [0.4, 0.5) is 11.6 Å². The molecule has 0 unspecified atom stereocenters. The molecular weight excluding hydrogens is 380 g/mol. The summed E-state index contributed by atoms with van der Waals surface area (Å²) in [6.07, 6.45) is 3.45. The Morgan fingerprint density at radius 3 is 2.90 bits per heavy atom. The van der Waals surface area contributed by atoms with E-state index in [0.717, 1.165) is 44.7 Å². The van der Waals surface area contributed by atoms with Crippen LogP contribution in [0.3, 0.4) is 0 Å². The number of hydrogen-bond acceptors (Lipinski definition) is 7. The Balaban J connectivity index is 1.34. The van der Waals surface area contributed by atoms with Gasteiger partial charge in [-0.2, -0.15) is 4.98 Å². The van der Waals surface area contributed by atoms with Gasteiger partial charge >= 0.3 is 0 Å². The molecular formula is C22H28N6O2. The van der Waals surface area contributed by atoms with Crippen molar-refractivity contribution in [2.24, 2.45) is 0 Å². The molecule has 0 radical (unpaired) electrons. The van der Waals surface area contributed by atoms with Gasteiger partial charge in [0.2, 0.25) is 11.8 Å². The van der Waals surface area contributed by atoms with Gasteiger partial charge in [0.15, 0.2) is 6.73 Å². The molecule has 0 atom stereocenters. The number of aromatic nitrogens is 2. The number of fused-ring (bicyclic) bond motifs is 2. The van der Waals surface area contributed by atoms with Crippen molar-refractivity contribution in [1.82, 2.24) is 25.5 Å². The molecule has 5 rings (SSSR count). The van der Waals surface area contributed by atoms with Crippen LogP contribution in [-0.4, -0.2) is 53.2 Å². The lowest BCUT2D eigenvalue weighted by Gasteiger charge is -2.36. The maximum Gasteiger partial charge on any atom is 0.263 e. The number of carbonyl (C=O) groups is 1. The largest absolute Gasteiger partial charge is 0.455 e. The second kappa shape index (κ2) is 7.52. The minimum absolute atomic E-state index is 0.0446. The summed E-state index contributed by atoms with van der Waals surface area (Å²) in [5.41, 5.74) is 4.11. The highest BCUT2D eigenvalue weighted by molar-refractivity contribution is 5.97. The number of piperidine rings is 1. The summed E-state index contributed by atoms with van der Waals surface area (Å²) in [4.78, 5) is 23.6. The van der Waals surface area contributed by atoms with Crippen LogP contribution in [0, 0.1) is 0 Å². The topological polar surface area (TPSA) is 91.4 Å². The Kier molecular flexibility index (Phi) is 4.83. The molecule has 4 heterocycles. The number of hydrogen-bond donors (Lipinski definition) is 3. The fourth-order valence-electron chi connectivity index (χ4n) is 4.63. The molecule has 1 amide bonds. The number of nitrogens with one attached hydrogen (secondary N) is 3. The van der Waals surface area contributed by atoms with Gasteiger partial charge in [-0.15, -0.1) is 0 Å². The fraction of sp³-hybridized carbons (Fsp3) is 0.500. The number of nitrogens with zero attached hydrogens (tertiary/aromatic N) is 3. The molecule has 0 spiro atoms. The first-order valence-electron chi connectivity index (χ1n) is 10.6. The Morgan fingerprint density at radius 2 is 2.07 bits per heavy atom. The summed E-state index contributed by atoms with van der Waals surface area (Å²) < 4.78 is 5.84. The van der Waals surface area contributed by atoms with Crippen molar-refractivity contribution < 1.29 is 9.53 Å². The van der Waals surface area contributed by atoms with Gasteiger partial charge in [0, 0.05) is 36.4 Å². The van der Waals surface area contributed by atoms with Gasteiger partial charge in [0.25, 0.3) is 5.91 Å². The Morgan fingerprint density at radius 1 is 1.23 bits per heavy atom. The van der Waals surface area contributed by atoms with Crippen molar-refractivity contribution in [2.45, 2.75) is 44.7 Å². The average Bonchev–Trinajstić information content (AvgIpc) is 2.74. The molecule has 1 fully saturated rings. The van der Waals surface area contributed by atoms with Crippen LogP contribution in [0.15, 0.2) is 24.4 Å². The molecule has 0 aliphatic carbocycles. The molecule has 0 bridgehead atoms. The number of amides is 1. The molecule has 3 aliphatic heterocycles. The Bertz CT molecular complexity index is 970. The summed E-state index contributed by atoms with van der Waals surface area (Å²) in [7, 11) is 0. The fourth-order valence-corrected chi connectivity index (χ4v) is 4.63. The predicted octanol–water partition coefficient (Wildman–Crippen LogP) is 2.15. The van der Waals surface area contributed by atoms with E-state index in [4.69, 9.17) is 4.74 Å². The van der Waals surface area contributed by atoms with E-state index in [1.165, 1.54) is 11.1 Å². The Labute approximate surface area is 176 Å². The average molecular weight is 409 g/mol. The summed E-state index contributed by atoms with van der Waals surface area (Å²) in [6.45, 7) is 8.41. The van der Waals surface area contributed by atoms with E-state index in [1.807, 2.05) is 0 Å². The van der Waals surface area contributed by atoms with Crippen molar-refractivity contribution in [3.8, 4) is 5.88 Å². The zero-order valence-electron chi connectivity index (χ0n) is 17.5. The summed E-state index contributed by atoms with van der Waals surface area (Å²) >= 11 is 0. The lowest BCUT2D eigenvalue weighted by molar-refractivity contribution is 0.0315. The monoisotopic (exact) mass is 408 g/mol. The molecule has 0 saturated carbocycles. The van der Waals surface area contributed by atoms with E-state index in [2.05, 4.69) is 58.0 Å². The van der Waals surface area contributed by atoms with Crippen molar-refractivity contribution in [3.63, 3.8) is 0 Å². The zero-order chi connectivity index (χ0) is 20.7. The highest BCUT2D eigenvalue weighted by Crippen LogP contribution is 2.32. The van der Waals surface area contributed by atoms with Crippen LogP contribution in [-0.2, 0) is 12.0 Å². The molecule has 3 aliphatic rings. The first kappa shape index (κ1) is 19.3. The quantitative estimate of drug-likeness (QED) is 0.717. The molecule has 1 aromatic heterocycles. The van der Waals surface area contributed by atoms with Crippen LogP contribution in [0.1, 0.15) is 48.2 Å². The highest BCUT2D eigenvalue weighted by Gasteiger charge is 2.33. The molecule has 1 saturated heterocycles. The van der Waals surface area contributed by atoms with E-state index in [0.29, 0.717) is 17.4 Å². The summed E-state index contributed by atoms with van der Waals surface area (Å²) in [5, 5.41) is 10.1. The van der Waals surface area contributed by atoms with Crippen molar-refractivity contribution in [1.29, 1.82) is 0 Å². The SMILES string of the molecule is CC1(C)CNCc2cc(Nc3ncc4c(n3)OCN(C3CCNCC3)C4=O)ccc21. The molecule has 8 heteroatoms. The van der Waals surface area contributed by atoms with Crippen LogP contribution in [0.25, 0.3) is 0 Å². The van der Waals surface area contributed by atoms with Gasteiger partial charge in [0.1, 0.15) is 5.56 Å². The first-order valence-corrected chi connectivity index (χ1v) is 10.6. The maximum absolute atomic E-state index is 12.9. The molecule has 1 aromatic carbocycles. The normalized spacial score (nSPS) is 20.9. The number of anilines is 2. The number of rotatable bonds is 3. The van der Waals surface area contributed by atoms with Crippen LogP contribution < -0.4 is 20.7 Å². The van der Waals surface area contributed by atoms with Crippen molar-refractivity contribution >= 4 is 17.5 Å². The zero-order valence-corrected chi connectivity index (χ0v) is 17.5. The van der Waals surface area contributed by atoms with Gasteiger partial charge in [-0.05, 0) is 49.2 Å². The summed E-state index contributed by atoms with van der Waals surface area (Å²) in [5.74, 6) is 0.736. The van der Waals surface area contributed by atoms with Gasteiger partial charge in [-0.25, -0.2) is 4.98 Å². The lowest BCUT2D eigenvalue weighted by atomic mass is 9.79. The standard InChI is InChI=1S/C22H28N6O2/c1-22(2)12-24-10-14-9-15(3-4-18(14)22)26-21-25-11-17-19(27-21)30-13-28(20(17)29)16-5-7-23-8-6-16/h3-4,9,11,16,23-24H,5-8,10,12-13H2,1-2H3,(H,25,26,27). The first-order chi connectivity index (χ1) is 14.5. The number of ether oxygens (including phenoxy) is 1. The molecule has 2 aromatic rings. The second-order valence-corrected chi connectivity index (χ2v) is 8.93. The second-order valence-electron chi connectivity index (χ2n) is 8.93. The summed E-state index contributed by atoms with van der Waals surface area (Å²) in [6, 6.07) is 6.57. The third kappa shape index (κ3) is 3.50. The van der Waals surface area contributed by atoms with Crippen molar-refractivity contribution in [3.05, 3.63) is 41.1 Å². The van der Waals surface area contributed by atoms with E-state index in [1.54, 1.807) is 11.1 Å². The van der Waals surface area contributed by atoms with E-state index in [9.17, 15) is 4.79 Å². The highest BCUT2D eigenvalue weighted by atomic mass is 16.5. The maximum atomic E-state index is 12.9. The van der Waals surface area contributed by atoms with Gasteiger partial charge in [-0.3, -0.25) is 4.79 Å². The van der Waals surface area contributed by atoms with Crippen LogP contribution in [0.2, 0.25) is 0 Å². The number of carbonyl (C=O) groups excluding carboxylic acids is 1. The van der Waals surface area contributed by atoms with Crippen LogP contribution in [0.5, 0.6) is 5.88 Å². The molecule has 3 N–H and O–H groups in total. The lowest BCUT2D eigenvalue weighted by Crippen LogP contribution is -2.49. The minimum atomic E-state index is -0.0446. The Hall–Kier alpha value is -2.71. The molecule has 8 nitrogen and oxygen atoms in total. The van der Waals surface area contributed by atoms with Crippen molar-refractivity contribution in [2.75, 3.05) is 31.7 Å². The van der Waals surface area contributed by atoms with Gasteiger partial charge in [-0.1, -0.05) is 19.9 Å². The minimum Gasteiger partial charge on any atom is -0.455 e. The number of benzene rings is 1. The van der Waals surface area contributed by atoms with Gasteiger partial charge < -0.3 is 25.6 Å². The van der Waals surface area contributed by atoms with E-state index >= 15 is 0 Å². The van der Waals surface area contributed by atoms with Gasteiger partial charge in [0.05, 0.1) is 0 Å². The third-order valence-corrected chi connectivity index (χ3v) is 6.31. The van der Waals surface area contributed by atoms with E-state index in [-0.39, 0.29) is 24.1 Å². The van der Waals surface area contributed by atoms with Crippen LogP contribution >= 0.6 is 0 Å². The smallest absolute Gasteiger partial charge is 0.263 e.